The standard InChI is InChI=1S/C12H14ClF3N2O3S.ClH/c13-8-1-2-11(10(5-8)12(14,15)16)22(19,20)18-3-4-21-9(6-17)7-18;/h1-2,5,9H,3-4,6-7,17H2;1H. The average Bonchev–Trinajstić information content (AvgIpc) is 2.46. The summed E-state index contributed by atoms with van der Waals surface area (Å²) in [4.78, 5) is -0.818. The second kappa shape index (κ2) is 7.54. The maximum absolute atomic E-state index is 13.1. The van der Waals surface area contributed by atoms with Crippen LogP contribution in [0.15, 0.2) is 23.1 Å². The van der Waals surface area contributed by atoms with E-state index in [0.717, 1.165) is 16.4 Å². The zero-order valence-electron chi connectivity index (χ0n) is 11.7. The van der Waals surface area contributed by atoms with E-state index >= 15 is 0 Å². The molecule has 1 heterocycles. The van der Waals surface area contributed by atoms with Gasteiger partial charge in [-0.2, -0.15) is 17.5 Å². The van der Waals surface area contributed by atoms with Gasteiger partial charge >= 0.3 is 6.18 Å². The van der Waals surface area contributed by atoms with Gasteiger partial charge < -0.3 is 10.5 Å². The van der Waals surface area contributed by atoms with Crippen molar-refractivity contribution < 1.29 is 26.3 Å². The molecule has 1 aliphatic heterocycles. The number of halogens is 5. The molecule has 0 saturated carbocycles. The molecule has 0 bridgehead atoms. The highest BCUT2D eigenvalue weighted by atomic mass is 35.5. The Labute approximate surface area is 143 Å². The lowest BCUT2D eigenvalue weighted by molar-refractivity contribution is -0.139. The number of benzene rings is 1. The lowest BCUT2D eigenvalue weighted by atomic mass is 10.2. The van der Waals surface area contributed by atoms with Crippen LogP contribution in [0.2, 0.25) is 5.02 Å². The summed E-state index contributed by atoms with van der Waals surface area (Å²) in [6.07, 6.45) is -5.36. The molecule has 5 nitrogen and oxygen atoms in total. The van der Waals surface area contributed by atoms with Crippen molar-refractivity contribution in [2.45, 2.75) is 17.2 Å². The Morgan fingerprint density at radius 3 is 2.61 bits per heavy atom. The molecule has 1 fully saturated rings. The number of sulfonamides is 1. The van der Waals surface area contributed by atoms with Crippen LogP contribution in [0.1, 0.15) is 5.56 Å². The van der Waals surface area contributed by atoms with E-state index in [1.165, 1.54) is 0 Å². The fraction of sp³-hybridized carbons (Fsp3) is 0.500. The molecule has 132 valence electrons. The fourth-order valence-electron chi connectivity index (χ4n) is 2.14. The molecule has 1 unspecified atom stereocenters. The first kappa shape index (κ1) is 20.5. The fourth-order valence-corrected chi connectivity index (χ4v) is 3.96. The molecule has 0 radical (unpaired) electrons. The van der Waals surface area contributed by atoms with Gasteiger partial charge in [0.25, 0.3) is 0 Å². The Balaban J connectivity index is 0.00000264. The summed E-state index contributed by atoms with van der Waals surface area (Å²) in [5.41, 5.74) is 4.14. The first-order chi connectivity index (χ1) is 10.2. The summed E-state index contributed by atoms with van der Waals surface area (Å²) in [6, 6.07) is 2.59. The number of hydrogen-bond donors (Lipinski definition) is 1. The molecule has 1 aromatic rings. The molecule has 2 N–H and O–H groups in total. The van der Waals surface area contributed by atoms with E-state index in [-0.39, 0.29) is 43.7 Å². The maximum atomic E-state index is 13.1. The summed E-state index contributed by atoms with van der Waals surface area (Å²) in [5, 5.41) is -0.187. The van der Waals surface area contributed by atoms with Gasteiger partial charge in [0, 0.05) is 24.7 Å². The number of ether oxygens (including phenoxy) is 1. The van der Waals surface area contributed by atoms with Crippen LogP contribution < -0.4 is 5.73 Å². The Kier molecular flexibility index (Phi) is 6.71. The van der Waals surface area contributed by atoms with Gasteiger partial charge in [-0.05, 0) is 18.2 Å². The molecule has 1 saturated heterocycles. The van der Waals surface area contributed by atoms with Crippen LogP contribution in [0.4, 0.5) is 13.2 Å². The SMILES string of the molecule is Cl.NCC1CN(S(=O)(=O)c2ccc(Cl)cc2C(F)(F)F)CCO1. The average molecular weight is 395 g/mol. The highest BCUT2D eigenvalue weighted by molar-refractivity contribution is 7.89. The topological polar surface area (TPSA) is 72.6 Å². The molecule has 0 spiro atoms. The number of nitrogens with zero attached hydrogens (tertiary/aromatic N) is 1. The third-order valence-electron chi connectivity index (χ3n) is 3.23. The van der Waals surface area contributed by atoms with Gasteiger partial charge in [-0.25, -0.2) is 8.42 Å². The molecule has 0 aromatic heterocycles. The van der Waals surface area contributed by atoms with E-state index < -0.39 is 32.8 Å². The summed E-state index contributed by atoms with van der Waals surface area (Å²) < 4.78 is 70.5. The normalized spacial score (nSPS) is 20.1. The van der Waals surface area contributed by atoms with Crippen molar-refractivity contribution in [3.8, 4) is 0 Å². The Morgan fingerprint density at radius 1 is 1.39 bits per heavy atom. The molecular formula is C12H15Cl2F3N2O3S. The first-order valence-corrected chi connectivity index (χ1v) is 8.16. The summed E-state index contributed by atoms with van der Waals surface area (Å²) in [5.74, 6) is 0. The monoisotopic (exact) mass is 394 g/mol. The molecule has 1 aliphatic rings. The Morgan fingerprint density at radius 2 is 2.04 bits per heavy atom. The molecule has 23 heavy (non-hydrogen) atoms. The Bertz CT molecular complexity index is 655. The molecule has 0 aliphatic carbocycles. The van der Waals surface area contributed by atoms with Gasteiger partial charge in [-0.3, -0.25) is 0 Å². The van der Waals surface area contributed by atoms with Crippen LogP contribution >= 0.6 is 24.0 Å². The zero-order chi connectivity index (χ0) is 16.5. The van der Waals surface area contributed by atoms with Crippen LogP contribution in [0, 0.1) is 0 Å². The molecule has 11 heteroatoms. The molecule has 2 rings (SSSR count). The van der Waals surface area contributed by atoms with E-state index in [1.54, 1.807) is 0 Å². The number of alkyl halides is 3. The van der Waals surface area contributed by atoms with E-state index in [2.05, 4.69) is 0 Å². The minimum absolute atomic E-state index is 0. The van der Waals surface area contributed by atoms with Gasteiger partial charge in [-0.15, -0.1) is 12.4 Å². The van der Waals surface area contributed by atoms with Gasteiger partial charge in [0.2, 0.25) is 10.0 Å². The lowest BCUT2D eigenvalue weighted by Gasteiger charge is -2.32. The zero-order valence-corrected chi connectivity index (χ0v) is 14.1. The van der Waals surface area contributed by atoms with Crippen molar-refractivity contribution in [3.05, 3.63) is 28.8 Å². The second-order valence-corrected chi connectivity index (χ2v) is 7.07. The molecule has 1 aromatic carbocycles. The van der Waals surface area contributed by atoms with Crippen LogP contribution in [0.25, 0.3) is 0 Å². The van der Waals surface area contributed by atoms with Crippen LogP contribution in [0.5, 0.6) is 0 Å². The third-order valence-corrected chi connectivity index (χ3v) is 5.39. The smallest absolute Gasteiger partial charge is 0.374 e. The van der Waals surface area contributed by atoms with Crippen molar-refractivity contribution in [2.75, 3.05) is 26.2 Å². The third kappa shape index (κ3) is 4.49. The highest BCUT2D eigenvalue weighted by Gasteiger charge is 2.40. The summed E-state index contributed by atoms with van der Waals surface area (Å²) >= 11 is 5.56. The van der Waals surface area contributed by atoms with Gasteiger partial charge in [-0.1, -0.05) is 11.6 Å². The van der Waals surface area contributed by atoms with E-state index in [1.807, 2.05) is 0 Å². The van der Waals surface area contributed by atoms with Crippen molar-refractivity contribution >= 4 is 34.0 Å². The van der Waals surface area contributed by atoms with E-state index in [0.29, 0.717) is 6.07 Å². The number of rotatable bonds is 3. The van der Waals surface area contributed by atoms with Gasteiger partial charge in [0.15, 0.2) is 0 Å². The Hall–Kier alpha value is -0.580. The van der Waals surface area contributed by atoms with Crippen molar-refractivity contribution in [3.63, 3.8) is 0 Å². The quantitative estimate of drug-likeness (QED) is 0.851. The lowest BCUT2D eigenvalue weighted by Crippen LogP contribution is -2.48. The summed E-state index contributed by atoms with van der Waals surface area (Å²) in [7, 11) is -4.32. The number of morpholine rings is 1. The first-order valence-electron chi connectivity index (χ1n) is 6.35. The van der Waals surface area contributed by atoms with E-state index in [9.17, 15) is 21.6 Å². The maximum Gasteiger partial charge on any atom is 0.417 e. The predicted molar refractivity (Wildman–Crippen MR) is 81.3 cm³/mol. The van der Waals surface area contributed by atoms with Crippen LogP contribution in [-0.4, -0.2) is 45.1 Å². The minimum atomic E-state index is -4.83. The predicted octanol–water partition coefficient (Wildman–Crippen LogP) is 2.13. The van der Waals surface area contributed by atoms with Crippen LogP contribution in [-0.2, 0) is 20.9 Å². The highest BCUT2D eigenvalue weighted by Crippen LogP contribution is 2.37. The largest absolute Gasteiger partial charge is 0.417 e. The number of nitrogens with two attached hydrogens (primary N) is 1. The minimum Gasteiger partial charge on any atom is -0.374 e. The number of hydrogen-bond acceptors (Lipinski definition) is 4. The molecular weight excluding hydrogens is 380 g/mol. The van der Waals surface area contributed by atoms with E-state index in [4.69, 9.17) is 22.1 Å². The van der Waals surface area contributed by atoms with Crippen molar-refractivity contribution in [2.24, 2.45) is 5.73 Å². The summed E-state index contributed by atoms with van der Waals surface area (Å²) in [6.45, 7) is 0.0479. The molecule has 0 amide bonds. The van der Waals surface area contributed by atoms with Crippen LogP contribution in [0.3, 0.4) is 0 Å². The molecule has 1 atom stereocenters. The van der Waals surface area contributed by atoms with Crippen molar-refractivity contribution in [1.82, 2.24) is 4.31 Å². The van der Waals surface area contributed by atoms with Crippen molar-refractivity contribution in [1.29, 1.82) is 0 Å². The second-order valence-electron chi connectivity index (χ2n) is 4.73. The van der Waals surface area contributed by atoms with Gasteiger partial charge in [0.1, 0.15) is 0 Å². The van der Waals surface area contributed by atoms with Gasteiger partial charge in [0.05, 0.1) is 23.2 Å².